The van der Waals surface area contributed by atoms with E-state index in [1.165, 1.54) is 45.2 Å². The second-order valence-electron chi connectivity index (χ2n) is 6.37. The normalized spacial score (nSPS) is 40.1. The fraction of sp³-hybridized carbons (Fsp3) is 1.00. The summed E-state index contributed by atoms with van der Waals surface area (Å²) in [5.41, 5.74) is 6.30. The smallest absolute Gasteiger partial charge is 0.0247 e. The third-order valence-electron chi connectivity index (χ3n) is 4.87. The lowest BCUT2D eigenvalue weighted by Gasteiger charge is -2.40. The molecule has 100 valence electrons. The molecule has 0 aromatic rings. The van der Waals surface area contributed by atoms with Crippen LogP contribution in [0.1, 0.15) is 39.0 Å². The quantitative estimate of drug-likeness (QED) is 0.810. The highest BCUT2D eigenvalue weighted by Crippen LogP contribution is 2.27. The van der Waals surface area contributed by atoms with Crippen molar-refractivity contribution in [2.75, 3.05) is 27.2 Å². The lowest BCUT2D eigenvalue weighted by molar-refractivity contribution is 0.115. The van der Waals surface area contributed by atoms with Gasteiger partial charge in [0.1, 0.15) is 0 Å². The highest BCUT2D eigenvalue weighted by atomic mass is 15.2. The Bertz CT molecular complexity index is 244. The van der Waals surface area contributed by atoms with Crippen molar-refractivity contribution in [3.05, 3.63) is 0 Å². The molecule has 0 aromatic carbocycles. The largest absolute Gasteiger partial charge is 0.326 e. The first-order chi connectivity index (χ1) is 8.08. The summed E-state index contributed by atoms with van der Waals surface area (Å²) in [6.45, 7) is 4.83. The van der Waals surface area contributed by atoms with Crippen molar-refractivity contribution < 1.29 is 0 Å². The van der Waals surface area contributed by atoms with Gasteiger partial charge in [-0.1, -0.05) is 6.92 Å². The summed E-state index contributed by atoms with van der Waals surface area (Å²) in [6.07, 6.45) is 6.53. The molecule has 0 spiro atoms. The van der Waals surface area contributed by atoms with Gasteiger partial charge in [-0.05, 0) is 58.7 Å². The molecule has 0 bridgehead atoms. The zero-order valence-corrected chi connectivity index (χ0v) is 11.7. The molecular weight excluding hydrogens is 210 g/mol. The molecule has 1 aliphatic heterocycles. The predicted octanol–water partition coefficient (Wildman–Crippen LogP) is 1.53. The average molecular weight is 239 g/mol. The number of likely N-dealkylation sites (tertiary alicyclic amines) is 1. The summed E-state index contributed by atoms with van der Waals surface area (Å²) in [6, 6.07) is 1.75. The van der Waals surface area contributed by atoms with Crippen molar-refractivity contribution in [3.63, 3.8) is 0 Å². The molecule has 2 N–H and O–H groups in total. The van der Waals surface area contributed by atoms with Crippen molar-refractivity contribution in [1.29, 1.82) is 0 Å². The molecular formula is C14H29N3. The van der Waals surface area contributed by atoms with Crippen molar-refractivity contribution in [1.82, 2.24) is 9.80 Å². The molecule has 4 unspecified atom stereocenters. The van der Waals surface area contributed by atoms with E-state index in [-0.39, 0.29) is 0 Å². The molecule has 1 saturated heterocycles. The van der Waals surface area contributed by atoms with Gasteiger partial charge in [0.2, 0.25) is 0 Å². The SMILES string of the molecule is CC1CCC(N)C(N(C)CC2CCCN2C)C1. The van der Waals surface area contributed by atoms with Crippen LogP contribution in [0.5, 0.6) is 0 Å². The van der Waals surface area contributed by atoms with Gasteiger partial charge in [-0.15, -0.1) is 0 Å². The Labute approximate surface area is 106 Å². The molecule has 4 atom stereocenters. The highest BCUT2D eigenvalue weighted by Gasteiger charge is 2.31. The third kappa shape index (κ3) is 3.21. The van der Waals surface area contributed by atoms with Crippen LogP contribution in [0.3, 0.4) is 0 Å². The Kier molecular flexibility index (Phi) is 4.45. The monoisotopic (exact) mass is 239 g/mol. The minimum atomic E-state index is 0.392. The van der Waals surface area contributed by atoms with Gasteiger partial charge in [-0.3, -0.25) is 0 Å². The van der Waals surface area contributed by atoms with Crippen LogP contribution >= 0.6 is 0 Å². The van der Waals surface area contributed by atoms with Crippen molar-refractivity contribution in [3.8, 4) is 0 Å². The van der Waals surface area contributed by atoms with Gasteiger partial charge in [-0.25, -0.2) is 0 Å². The van der Waals surface area contributed by atoms with Crippen molar-refractivity contribution in [2.24, 2.45) is 11.7 Å². The van der Waals surface area contributed by atoms with Gasteiger partial charge in [0, 0.05) is 24.7 Å². The molecule has 2 fully saturated rings. The lowest BCUT2D eigenvalue weighted by Crippen LogP contribution is -2.52. The molecule has 0 amide bonds. The van der Waals surface area contributed by atoms with Gasteiger partial charge in [0.05, 0.1) is 0 Å². The number of nitrogens with two attached hydrogens (primary N) is 1. The lowest BCUT2D eigenvalue weighted by atomic mass is 9.83. The van der Waals surface area contributed by atoms with Gasteiger partial charge >= 0.3 is 0 Å². The van der Waals surface area contributed by atoms with E-state index in [0.717, 1.165) is 12.0 Å². The Morgan fingerprint density at radius 2 is 2.06 bits per heavy atom. The topological polar surface area (TPSA) is 32.5 Å². The van der Waals surface area contributed by atoms with Crippen LogP contribution in [0.4, 0.5) is 0 Å². The summed E-state index contributed by atoms with van der Waals surface area (Å²) in [7, 11) is 4.53. The molecule has 3 heteroatoms. The first-order valence-corrected chi connectivity index (χ1v) is 7.24. The number of hydrogen-bond donors (Lipinski definition) is 1. The van der Waals surface area contributed by atoms with Crippen molar-refractivity contribution in [2.45, 2.75) is 57.2 Å². The highest BCUT2D eigenvalue weighted by molar-refractivity contribution is 4.89. The maximum absolute atomic E-state index is 6.30. The molecule has 0 aromatic heterocycles. The first kappa shape index (κ1) is 13.3. The van der Waals surface area contributed by atoms with Crippen molar-refractivity contribution >= 4 is 0 Å². The maximum Gasteiger partial charge on any atom is 0.0247 e. The van der Waals surface area contributed by atoms with E-state index in [4.69, 9.17) is 5.73 Å². The van der Waals surface area contributed by atoms with Crippen LogP contribution in [0.15, 0.2) is 0 Å². The standard InChI is InChI=1S/C14H29N3/c1-11-6-7-13(15)14(9-11)17(3)10-12-5-4-8-16(12)2/h11-14H,4-10,15H2,1-3H3. The van der Waals surface area contributed by atoms with E-state index < -0.39 is 0 Å². The Morgan fingerprint density at radius 3 is 2.71 bits per heavy atom. The van der Waals surface area contributed by atoms with E-state index in [1.807, 2.05) is 0 Å². The van der Waals surface area contributed by atoms with Gasteiger partial charge in [-0.2, -0.15) is 0 Å². The molecule has 1 aliphatic carbocycles. The summed E-state index contributed by atoms with van der Waals surface area (Å²) in [4.78, 5) is 5.04. The number of rotatable bonds is 3. The zero-order valence-electron chi connectivity index (χ0n) is 11.7. The van der Waals surface area contributed by atoms with E-state index in [9.17, 15) is 0 Å². The van der Waals surface area contributed by atoms with Gasteiger partial charge < -0.3 is 15.5 Å². The molecule has 1 saturated carbocycles. The van der Waals surface area contributed by atoms with E-state index in [0.29, 0.717) is 12.1 Å². The molecule has 0 radical (unpaired) electrons. The fourth-order valence-corrected chi connectivity index (χ4v) is 3.56. The first-order valence-electron chi connectivity index (χ1n) is 7.24. The van der Waals surface area contributed by atoms with Gasteiger partial charge in [0.25, 0.3) is 0 Å². The number of likely N-dealkylation sites (N-methyl/N-ethyl adjacent to an activating group) is 2. The Hall–Kier alpha value is -0.120. The molecule has 3 nitrogen and oxygen atoms in total. The average Bonchev–Trinajstić information content (AvgIpc) is 2.68. The molecule has 1 heterocycles. The van der Waals surface area contributed by atoms with Crippen LogP contribution in [-0.4, -0.2) is 55.1 Å². The van der Waals surface area contributed by atoms with Crippen LogP contribution < -0.4 is 5.73 Å². The molecule has 2 rings (SSSR count). The number of hydrogen-bond acceptors (Lipinski definition) is 3. The van der Waals surface area contributed by atoms with Crippen LogP contribution in [0, 0.1) is 5.92 Å². The number of nitrogens with zero attached hydrogens (tertiary/aromatic N) is 2. The Balaban J connectivity index is 1.87. The predicted molar refractivity (Wildman–Crippen MR) is 73.1 cm³/mol. The van der Waals surface area contributed by atoms with E-state index >= 15 is 0 Å². The zero-order chi connectivity index (χ0) is 12.4. The van der Waals surface area contributed by atoms with E-state index in [2.05, 4.69) is 30.8 Å². The summed E-state index contributed by atoms with van der Waals surface area (Å²) in [5.74, 6) is 0.851. The van der Waals surface area contributed by atoms with Crippen LogP contribution in [0.25, 0.3) is 0 Å². The fourth-order valence-electron chi connectivity index (χ4n) is 3.56. The third-order valence-corrected chi connectivity index (χ3v) is 4.87. The molecule has 2 aliphatic rings. The Morgan fingerprint density at radius 1 is 1.29 bits per heavy atom. The maximum atomic E-state index is 6.30. The van der Waals surface area contributed by atoms with Crippen LogP contribution in [-0.2, 0) is 0 Å². The second kappa shape index (κ2) is 5.68. The van der Waals surface area contributed by atoms with Gasteiger partial charge in [0.15, 0.2) is 0 Å². The minimum absolute atomic E-state index is 0.392. The minimum Gasteiger partial charge on any atom is -0.326 e. The van der Waals surface area contributed by atoms with E-state index in [1.54, 1.807) is 0 Å². The molecule has 17 heavy (non-hydrogen) atoms. The summed E-state index contributed by atoms with van der Waals surface area (Å²) in [5, 5.41) is 0. The summed E-state index contributed by atoms with van der Waals surface area (Å²) < 4.78 is 0. The van der Waals surface area contributed by atoms with Crippen LogP contribution in [0.2, 0.25) is 0 Å². The summed E-state index contributed by atoms with van der Waals surface area (Å²) >= 11 is 0. The second-order valence-corrected chi connectivity index (χ2v) is 6.37.